The lowest BCUT2D eigenvalue weighted by molar-refractivity contribution is -0.143. The zero-order chi connectivity index (χ0) is 18.9. The monoisotopic (exact) mass is 362 g/mol. The molecule has 1 heterocycles. The van der Waals surface area contributed by atoms with Gasteiger partial charge in [-0.1, -0.05) is 6.07 Å². The number of hydrogen-bond donors (Lipinski definition) is 1. The third-order valence-corrected chi connectivity index (χ3v) is 3.62. The molecule has 0 unspecified atom stereocenters. The first-order chi connectivity index (χ1) is 12.5. The molecule has 0 aliphatic carbocycles. The minimum absolute atomic E-state index is 0.166. The molecule has 0 bridgehead atoms. The number of nitrogens with zero attached hydrogens (tertiary/aromatic N) is 1. The van der Waals surface area contributed by atoms with Crippen molar-refractivity contribution in [2.75, 3.05) is 18.6 Å². The number of benzene rings is 1. The van der Waals surface area contributed by atoms with E-state index in [1.54, 1.807) is 32.0 Å². The van der Waals surface area contributed by atoms with Gasteiger partial charge in [0.15, 0.2) is 0 Å². The fourth-order valence-electron chi connectivity index (χ4n) is 2.37. The summed E-state index contributed by atoms with van der Waals surface area (Å²) in [6.07, 6.45) is 0.864. The first-order valence-electron chi connectivity index (χ1n) is 8.50. The van der Waals surface area contributed by atoms with Crippen LogP contribution in [-0.2, 0) is 30.4 Å². The van der Waals surface area contributed by atoms with Crippen molar-refractivity contribution < 1.29 is 28.6 Å². The quantitative estimate of drug-likeness (QED) is 0.311. The molecule has 1 aliphatic heterocycles. The molecule has 1 aliphatic rings. The van der Waals surface area contributed by atoms with Crippen molar-refractivity contribution in [2.24, 2.45) is 5.10 Å². The predicted octanol–water partition coefficient (Wildman–Crippen LogP) is 2.42. The van der Waals surface area contributed by atoms with Crippen molar-refractivity contribution in [3.8, 4) is 0 Å². The Morgan fingerprint density at radius 1 is 1.19 bits per heavy atom. The Kier molecular flexibility index (Phi) is 7.13. The number of anilines is 1. The number of hydrogen-bond acceptors (Lipinski definition) is 8. The Morgan fingerprint density at radius 2 is 1.96 bits per heavy atom. The molecule has 0 spiro atoms. The van der Waals surface area contributed by atoms with Crippen molar-refractivity contribution in [1.82, 2.24) is 0 Å². The van der Waals surface area contributed by atoms with Crippen LogP contribution in [0.15, 0.2) is 23.3 Å². The van der Waals surface area contributed by atoms with Gasteiger partial charge in [0, 0.05) is 12.0 Å². The number of hydrazone groups is 1. The number of cyclic esters (lactones) is 1. The summed E-state index contributed by atoms with van der Waals surface area (Å²) in [6, 6.07) is 5.13. The van der Waals surface area contributed by atoms with E-state index in [0.29, 0.717) is 24.3 Å². The third-order valence-electron chi connectivity index (χ3n) is 3.62. The number of carbonyl (C=O) groups is 3. The lowest BCUT2D eigenvalue weighted by Gasteiger charge is -2.08. The number of carbonyl (C=O) groups excluding carboxylic acids is 3. The van der Waals surface area contributed by atoms with Gasteiger partial charge in [-0.05, 0) is 38.8 Å². The number of fused-ring (bicyclic) bond motifs is 1. The van der Waals surface area contributed by atoms with Gasteiger partial charge in [-0.3, -0.25) is 10.2 Å². The average Bonchev–Trinajstić information content (AvgIpc) is 2.99. The minimum atomic E-state index is -0.551. The van der Waals surface area contributed by atoms with Crippen molar-refractivity contribution in [2.45, 2.75) is 39.7 Å². The van der Waals surface area contributed by atoms with E-state index in [-0.39, 0.29) is 43.7 Å². The normalized spacial score (nSPS) is 13.0. The number of ether oxygens (including phenoxy) is 3. The van der Waals surface area contributed by atoms with E-state index in [1.165, 1.54) is 0 Å². The zero-order valence-corrected chi connectivity index (χ0v) is 14.9. The van der Waals surface area contributed by atoms with Gasteiger partial charge in [0.05, 0.1) is 24.5 Å². The molecular weight excluding hydrogens is 340 g/mol. The second kappa shape index (κ2) is 9.55. The van der Waals surface area contributed by atoms with Crippen LogP contribution in [0.5, 0.6) is 0 Å². The molecule has 8 heteroatoms. The van der Waals surface area contributed by atoms with E-state index in [0.717, 1.165) is 5.56 Å². The van der Waals surface area contributed by atoms with E-state index in [9.17, 15) is 14.4 Å². The minimum Gasteiger partial charge on any atom is -0.466 e. The van der Waals surface area contributed by atoms with Crippen LogP contribution < -0.4 is 5.43 Å². The molecule has 8 nitrogen and oxygen atoms in total. The van der Waals surface area contributed by atoms with E-state index in [1.807, 2.05) is 0 Å². The fourth-order valence-corrected chi connectivity index (χ4v) is 2.37. The SMILES string of the molecule is CCOC(=O)CCC/C(=N\Nc1ccc2c(c1)C(=O)OC2)C(=O)OCC. The van der Waals surface area contributed by atoms with Crippen LogP contribution in [-0.4, -0.2) is 36.8 Å². The van der Waals surface area contributed by atoms with Crippen molar-refractivity contribution in [3.63, 3.8) is 0 Å². The highest BCUT2D eigenvalue weighted by atomic mass is 16.5. The molecule has 0 fully saturated rings. The maximum absolute atomic E-state index is 12.0. The van der Waals surface area contributed by atoms with E-state index >= 15 is 0 Å². The highest BCUT2D eigenvalue weighted by Gasteiger charge is 2.21. The molecule has 140 valence electrons. The zero-order valence-electron chi connectivity index (χ0n) is 14.9. The number of nitrogens with one attached hydrogen (secondary N) is 1. The van der Waals surface area contributed by atoms with Gasteiger partial charge >= 0.3 is 17.9 Å². The van der Waals surface area contributed by atoms with Gasteiger partial charge in [0.25, 0.3) is 0 Å². The molecule has 0 saturated heterocycles. The van der Waals surface area contributed by atoms with Gasteiger partial charge in [0.2, 0.25) is 0 Å². The highest BCUT2D eigenvalue weighted by Crippen LogP contribution is 2.23. The standard InChI is InChI=1S/C18H22N2O6/c1-3-24-16(21)7-5-6-15(18(23)25-4-2)20-19-13-9-8-12-11-26-17(22)14(12)10-13/h8-10,19H,3-7,11H2,1-2H3/b20-15+. The molecule has 2 rings (SSSR count). The van der Waals surface area contributed by atoms with E-state index in [4.69, 9.17) is 14.2 Å². The van der Waals surface area contributed by atoms with Gasteiger partial charge in [0.1, 0.15) is 12.3 Å². The van der Waals surface area contributed by atoms with Crippen LogP contribution in [0.1, 0.15) is 49.0 Å². The van der Waals surface area contributed by atoms with Crippen LogP contribution in [0.2, 0.25) is 0 Å². The van der Waals surface area contributed by atoms with E-state index < -0.39 is 5.97 Å². The molecule has 1 N–H and O–H groups in total. The van der Waals surface area contributed by atoms with Crippen LogP contribution >= 0.6 is 0 Å². The topological polar surface area (TPSA) is 103 Å². The molecule has 0 saturated carbocycles. The summed E-state index contributed by atoms with van der Waals surface area (Å²) >= 11 is 0. The fraction of sp³-hybridized carbons (Fsp3) is 0.444. The Balaban J connectivity index is 2.02. The molecule has 0 radical (unpaired) electrons. The van der Waals surface area contributed by atoms with Crippen LogP contribution in [0, 0.1) is 0 Å². The van der Waals surface area contributed by atoms with Gasteiger partial charge < -0.3 is 14.2 Å². The molecule has 1 aromatic carbocycles. The lowest BCUT2D eigenvalue weighted by Crippen LogP contribution is -2.19. The van der Waals surface area contributed by atoms with Gasteiger partial charge in [-0.2, -0.15) is 5.10 Å². The van der Waals surface area contributed by atoms with Crippen LogP contribution in [0.25, 0.3) is 0 Å². The summed E-state index contributed by atoms with van der Waals surface area (Å²) in [7, 11) is 0. The molecule has 0 aromatic heterocycles. The number of rotatable bonds is 9. The smallest absolute Gasteiger partial charge is 0.354 e. The van der Waals surface area contributed by atoms with Crippen LogP contribution in [0.4, 0.5) is 5.69 Å². The number of esters is 3. The Hall–Kier alpha value is -2.90. The molecule has 1 aromatic rings. The maximum atomic E-state index is 12.0. The largest absolute Gasteiger partial charge is 0.466 e. The second-order valence-corrected chi connectivity index (χ2v) is 5.50. The second-order valence-electron chi connectivity index (χ2n) is 5.50. The van der Waals surface area contributed by atoms with Crippen molar-refractivity contribution >= 4 is 29.3 Å². The first-order valence-corrected chi connectivity index (χ1v) is 8.50. The summed E-state index contributed by atoms with van der Waals surface area (Å²) in [4.78, 5) is 35.0. The molecule has 26 heavy (non-hydrogen) atoms. The van der Waals surface area contributed by atoms with Gasteiger partial charge in [-0.15, -0.1) is 0 Å². The molecule has 0 atom stereocenters. The Bertz CT molecular complexity index is 714. The summed E-state index contributed by atoms with van der Waals surface area (Å²) in [5.41, 5.74) is 4.76. The van der Waals surface area contributed by atoms with Gasteiger partial charge in [-0.25, -0.2) is 9.59 Å². The molecular formula is C18H22N2O6. The summed E-state index contributed by atoms with van der Waals surface area (Å²) in [5.74, 6) is -1.25. The Labute approximate surface area is 151 Å². The molecule has 0 amide bonds. The summed E-state index contributed by atoms with van der Waals surface area (Å²) < 4.78 is 14.8. The lowest BCUT2D eigenvalue weighted by atomic mass is 10.1. The predicted molar refractivity (Wildman–Crippen MR) is 93.7 cm³/mol. The highest BCUT2D eigenvalue weighted by molar-refractivity contribution is 6.36. The van der Waals surface area contributed by atoms with Crippen LogP contribution in [0.3, 0.4) is 0 Å². The van der Waals surface area contributed by atoms with E-state index in [2.05, 4.69) is 10.5 Å². The van der Waals surface area contributed by atoms with Crippen molar-refractivity contribution in [3.05, 3.63) is 29.3 Å². The van der Waals surface area contributed by atoms with Crippen molar-refractivity contribution in [1.29, 1.82) is 0 Å². The maximum Gasteiger partial charge on any atom is 0.354 e. The summed E-state index contributed by atoms with van der Waals surface area (Å²) in [6.45, 7) is 4.24. The Morgan fingerprint density at radius 3 is 2.69 bits per heavy atom. The average molecular weight is 362 g/mol. The third kappa shape index (κ3) is 5.30. The first kappa shape index (κ1) is 19.4. The summed E-state index contributed by atoms with van der Waals surface area (Å²) in [5, 5.41) is 4.09.